The maximum atomic E-state index is 12.9. The van der Waals surface area contributed by atoms with Crippen LogP contribution in [0.4, 0.5) is 0 Å². The first-order chi connectivity index (χ1) is 18.7. The van der Waals surface area contributed by atoms with Crippen molar-refractivity contribution in [3.8, 4) is 0 Å². The summed E-state index contributed by atoms with van der Waals surface area (Å²) >= 11 is 0. The lowest BCUT2D eigenvalue weighted by Gasteiger charge is -2.50. The lowest BCUT2D eigenvalue weighted by Crippen LogP contribution is -2.52. The van der Waals surface area contributed by atoms with Crippen LogP contribution in [-0.2, 0) is 33.3 Å². The summed E-state index contributed by atoms with van der Waals surface area (Å²) in [4.78, 5) is 38.6. The second-order valence-electron chi connectivity index (χ2n) is 10.8. The zero-order valence-electron chi connectivity index (χ0n) is 22.3. The van der Waals surface area contributed by atoms with Crippen molar-refractivity contribution >= 4 is 23.5 Å². The number of hydrogen-bond donors (Lipinski definition) is 0. The number of allylic oxidation sites excluding steroid dienone is 4. The molecule has 1 aromatic rings. The molecule has 2 saturated carbocycles. The van der Waals surface area contributed by atoms with Crippen molar-refractivity contribution in [1.29, 1.82) is 0 Å². The number of esters is 3. The average molecular weight is 534 g/mol. The monoisotopic (exact) mass is 533 g/mol. The van der Waals surface area contributed by atoms with Crippen molar-refractivity contribution in [3.63, 3.8) is 0 Å². The summed E-state index contributed by atoms with van der Waals surface area (Å²) in [6, 6.07) is 9.15. The highest BCUT2D eigenvalue weighted by atomic mass is 16.8. The highest BCUT2D eigenvalue weighted by Crippen LogP contribution is 2.43. The van der Waals surface area contributed by atoms with Crippen LogP contribution < -0.4 is 5.11 Å². The van der Waals surface area contributed by atoms with Crippen molar-refractivity contribution in [3.05, 3.63) is 77.3 Å². The maximum Gasteiger partial charge on any atom is 0.348 e. The van der Waals surface area contributed by atoms with Gasteiger partial charge < -0.3 is 24.1 Å². The molecule has 4 aliphatic rings. The Morgan fingerprint density at radius 2 is 1.38 bits per heavy atom. The Labute approximate surface area is 228 Å². The van der Waals surface area contributed by atoms with Crippen LogP contribution in [0.2, 0.25) is 0 Å². The van der Waals surface area contributed by atoms with Crippen LogP contribution >= 0.6 is 0 Å². The van der Waals surface area contributed by atoms with Crippen LogP contribution in [0.25, 0.3) is 5.57 Å². The molecule has 1 aromatic carbocycles. The Hall–Kier alpha value is -3.81. The van der Waals surface area contributed by atoms with Crippen molar-refractivity contribution < 1.29 is 38.4 Å². The van der Waals surface area contributed by atoms with Crippen molar-refractivity contribution in [2.24, 2.45) is 11.8 Å². The van der Waals surface area contributed by atoms with Crippen molar-refractivity contribution in [2.75, 3.05) is 0 Å². The lowest BCUT2D eigenvalue weighted by atomic mass is 9.84. The molecule has 3 atom stereocenters. The molecule has 2 aliphatic heterocycles. The molecule has 206 valence electrons. The highest BCUT2D eigenvalue weighted by Gasteiger charge is 2.50. The number of hydrogen-bond acceptors (Lipinski definition) is 8. The van der Waals surface area contributed by atoms with Gasteiger partial charge in [0.15, 0.2) is 5.79 Å². The summed E-state index contributed by atoms with van der Waals surface area (Å²) in [5.74, 6) is -5.49. The molecule has 2 spiro atoms. The predicted octanol–water partition coefficient (Wildman–Crippen LogP) is 4.61. The first-order valence-electron chi connectivity index (χ1n) is 13.7. The molecule has 8 heteroatoms. The number of benzene rings is 1. The predicted molar refractivity (Wildman–Crippen MR) is 139 cm³/mol. The molecule has 3 fully saturated rings. The summed E-state index contributed by atoms with van der Waals surface area (Å²) in [7, 11) is 0. The zero-order valence-corrected chi connectivity index (χ0v) is 22.3. The van der Waals surface area contributed by atoms with Gasteiger partial charge in [-0.15, -0.1) is 0 Å². The fourth-order valence-electron chi connectivity index (χ4n) is 5.74. The van der Waals surface area contributed by atoms with Gasteiger partial charge in [-0.05, 0) is 55.4 Å². The summed E-state index contributed by atoms with van der Waals surface area (Å²) in [5.41, 5.74) is 0.820. The SMILES string of the molecule is CC1CCCCC12OC(=O)C(=C/C=C(/C=C/C1=C([O-])OC3(CCCCC3C)OC1=O)c1ccccc1)C(=O)O2. The van der Waals surface area contributed by atoms with Crippen LogP contribution in [0.15, 0.2) is 71.7 Å². The van der Waals surface area contributed by atoms with E-state index in [1.807, 2.05) is 44.2 Å². The van der Waals surface area contributed by atoms with E-state index < -0.39 is 35.4 Å². The van der Waals surface area contributed by atoms with Gasteiger partial charge in [0.2, 0.25) is 0 Å². The van der Waals surface area contributed by atoms with E-state index in [1.54, 1.807) is 12.2 Å². The number of carbonyl (C=O) groups is 3. The van der Waals surface area contributed by atoms with Gasteiger partial charge >= 0.3 is 17.9 Å². The summed E-state index contributed by atoms with van der Waals surface area (Å²) in [5, 5.41) is 12.9. The van der Waals surface area contributed by atoms with E-state index in [2.05, 4.69) is 0 Å². The van der Waals surface area contributed by atoms with Crippen molar-refractivity contribution in [1.82, 2.24) is 0 Å². The molecule has 8 nitrogen and oxygen atoms in total. The fraction of sp³-hybridized carbons (Fsp3) is 0.452. The number of ether oxygens (including phenoxy) is 4. The van der Waals surface area contributed by atoms with Gasteiger partial charge in [-0.1, -0.05) is 69.2 Å². The summed E-state index contributed by atoms with van der Waals surface area (Å²) in [6.07, 6.45) is 12.0. The number of rotatable bonds is 4. The van der Waals surface area contributed by atoms with Crippen LogP contribution in [-0.4, -0.2) is 29.5 Å². The minimum absolute atomic E-state index is 0.0816. The third-order valence-electron chi connectivity index (χ3n) is 8.23. The summed E-state index contributed by atoms with van der Waals surface area (Å²) < 4.78 is 22.7. The third-order valence-corrected chi connectivity index (χ3v) is 8.23. The van der Waals surface area contributed by atoms with Crippen molar-refractivity contribution in [2.45, 2.75) is 76.8 Å². The Bertz CT molecular complexity index is 1250. The van der Waals surface area contributed by atoms with Crippen LogP contribution in [0.3, 0.4) is 0 Å². The molecular formula is C31H33O8-. The quantitative estimate of drug-likeness (QED) is 0.239. The normalized spacial score (nSPS) is 31.7. The highest BCUT2D eigenvalue weighted by molar-refractivity contribution is 6.15. The zero-order chi connectivity index (χ0) is 27.6. The molecule has 3 unspecified atom stereocenters. The standard InChI is InChI=1S/C31H34O8/c1-20-10-6-8-18-30(20)36-26(32)24(27(33)37-30)16-14-23(22-12-4-3-5-13-22)15-17-25-28(34)38-31(39-29(25)35)19-9-7-11-21(31)2/h3-5,12-17,20-21,32H,6-11,18-19H2,1-2H3/p-1/b16-14+,23-15-,25-17?. The van der Waals surface area contributed by atoms with Gasteiger partial charge in [0.1, 0.15) is 5.57 Å². The maximum absolute atomic E-state index is 12.9. The smallest absolute Gasteiger partial charge is 0.348 e. The Kier molecular flexibility index (Phi) is 7.38. The number of carbonyl (C=O) groups excluding carboxylic acids is 3. The molecule has 0 bridgehead atoms. The van der Waals surface area contributed by atoms with Gasteiger partial charge in [-0.3, -0.25) is 0 Å². The topological polar surface area (TPSA) is 111 Å². The van der Waals surface area contributed by atoms with Gasteiger partial charge in [0, 0.05) is 18.3 Å². The molecule has 0 N–H and O–H groups in total. The fourth-order valence-corrected chi connectivity index (χ4v) is 5.74. The van der Waals surface area contributed by atoms with Gasteiger partial charge in [0.25, 0.3) is 5.79 Å². The average Bonchev–Trinajstić information content (AvgIpc) is 2.90. The van der Waals surface area contributed by atoms with Crippen LogP contribution in [0.5, 0.6) is 0 Å². The molecule has 39 heavy (non-hydrogen) atoms. The Morgan fingerprint density at radius 1 is 0.821 bits per heavy atom. The minimum atomic E-state index is -1.21. The summed E-state index contributed by atoms with van der Waals surface area (Å²) in [6.45, 7) is 3.84. The molecule has 0 radical (unpaired) electrons. The second kappa shape index (κ2) is 10.8. The molecule has 0 amide bonds. The first-order valence-corrected chi connectivity index (χ1v) is 13.7. The molecule has 2 aliphatic carbocycles. The largest absolute Gasteiger partial charge is 0.574 e. The second-order valence-corrected chi connectivity index (χ2v) is 10.8. The van der Waals surface area contributed by atoms with E-state index in [4.69, 9.17) is 18.9 Å². The van der Waals surface area contributed by atoms with E-state index >= 15 is 0 Å². The third kappa shape index (κ3) is 5.24. The van der Waals surface area contributed by atoms with Crippen LogP contribution in [0, 0.1) is 11.8 Å². The molecule has 0 aromatic heterocycles. The van der Waals surface area contributed by atoms with E-state index in [1.165, 1.54) is 12.2 Å². The van der Waals surface area contributed by atoms with Crippen LogP contribution in [0.1, 0.15) is 70.8 Å². The molecule has 1 saturated heterocycles. The lowest BCUT2D eigenvalue weighted by molar-refractivity contribution is -0.407. The minimum Gasteiger partial charge on any atom is -0.574 e. The Morgan fingerprint density at radius 3 is 1.95 bits per heavy atom. The first kappa shape index (κ1) is 26.8. The van der Waals surface area contributed by atoms with E-state index in [9.17, 15) is 19.5 Å². The van der Waals surface area contributed by atoms with Gasteiger partial charge in [-0.25, -0.2) is 14.4 Å². The van der Waals surface area contributed by atoms with E-state index in [0.717, 1.165) is 44.1 Å². The molecular weight excluding hydrogens is 500 g/mol. The molecule has 5 rings (SSSR count). The van der Waals surface area contributed by atoms with Gasteiger partial charge in [-0.2, -0.15) is 0 Å². The molecule has 2 heterocycles. The van der Waals surface area contributed by atoms with Gasteiger partial charge in [0.05, 0.1) is 11.5 Å². The van der Waals surface area contributed by atoms with E-state index in [-0.39, 0.29) is 23.0 Å². The van der Waals surface area contributed by atoms with E-state index in [0.29, 0.717) is 18.4 Å². The Balaban J connectivity index is 1.42.